The first kappa shape index (κ1) is 20.6. The van der Waals surface area contributed by atoms with Gasteiger partial charge in [0, 0.05) is 11.6 Å². The largest absolute Gasteiger partial charge is 0.495 e. The maximum atomic E-state index is 12.6. The van der Waals surface area contributed by atoms with Crippen LogP contribution in [0, 0.1) is 0 Å². The van der Waals surface area contributed by atoms with E-state index in [1.165, 1.54) is 25.3 Å². The average molecular weight is 425 g/mol. The van der Waals surface area contributed by atoms with Gasteiger partial charge in [-0.05, 0) is 23.8 Å². The number of nitrogens with zero attached hydrogens (tertiary/aromatic N) is 1. The summed E-state index contributed by atoms with van der Waals surface area (Å²) in [6.07, 6.45) is -0.233. The summed E-state index contributed by atoms with van der Waals surface area (Å²) in [5.74, 6) is -0.173. The van der Waals surface area contributed by atoms with Crippen LogP contribution >= 0.6 is 11.6 Å². The van der Waals surface area contributed by atoms with E-state index in [1.54, 1.807) is 4.90 Å². The van der Waals surface area contributed by atoms with Gasteiger partial charge in [0.2, 0.25) is 15.9 Å². The molecule has 0 aliphatic carbocycles. The number of sulfonamides is 1. The molecule has 28 heavy (non-hydrogen) atoms. The van der Waals surface area contributed by atoms with Crippen molar-refractivity contribution < 1.29 is 22.7 Å². The van der Waals surface area contributed by atoms with Gasteiger partial charge >= 0.3 is 0 Å². The predicted molar refractivity (Wildman–Crippen MR) is 105 cm³/mol. The molecular formula is C19H21ClN2O5S. The third kappa shape index (κ3) is 4.82. The van der Waals surface area contributed by atoms with Crippen LogP contribution < -0.4 is 9.46 Å². The highest BCUT2D eigenvalue weighted by Gasteiger charge is 2.27. The highest BCUT2D eigenvalue weighted by molar-refractivity contribution is 7.89. The number of hydrogen-bond donors (Lipinski definition) is 1. The Morgan fingerprint density at radius 2 is 2.04 bits per heavy atom. The molecule has 1 N–H and O–H groups in total. The SMILES string of the molecule is COc1ccc(Cl)cc1S(=O)(=O)NCC(=O)N1CCOC(c2ccccc2)C1. The summed E-state index contributed by atoms with van der Waals surface area (Å²) in [5, 5.41) is 0.256. The highest BCUT2D eigenvalue weighted by Crippen LogP contribution is 2.27. The average Bonchev–Trinajstić information content (AvgIpc) is 2.73. The summed E-state index contributed by atoms with van der Waals surface area (Å²) < 4.78 is 38.3. The van der Waals surface area contributed by atoms with Crippen molar-refractivity contribution in [3.05, 3.63) is 59.1 Å². The lowest BCUT2D eigenvalue weighted by molar-refractivity contribution is -0.137. The van der Waals surface area contributed by atoms with Gasteiger partial charge in [0.1, 0.15) is 16.7 Å². The molecule has 1 amide bonds. The van der Waals surface area contributed by atoms with Gasteiger partial charge in [0.25, 0.3) is 0 Å². The van der Waals surface area contributed by atoms with Crippen LogP contribution in [0.3, 0.4) is 0 Å². The summed E-state index contributed by atoms with van der Waals surface area (Å²) in [6.45, 7) is 0.801. The minimum atomic E-state index is -3.96. The van der Waals surface area contributed by atoms with E-state index in [2.05, 4.69) is 4.72 Å². The second kappa shape index (κ2) is 8.91. The molecule has 0 radical (unpaired) electrons. The van der Waals surface area contributed by atoms with Crippen LogP contribution in [0.1, 0.15) is 11.7 Å². The molecule has 2 aromatic carbocycles. The predicted octanol–water partition coefficient (Wildman–Crippen LogP) is 2.23. The summed E-state index contributed by atoms with van der Waals surface area (Å²) in [4.78, 5) is 14.0. The number of methoxy groups -OCH3 is 1. The van der Waals surface area contributed by atoms with Gasteiger partial charge in [-0.1, -0.05) is 41.9 Å². The zero-order chi connectivity index (χ0) is 20.1. The maximum Gasteiger partial charge on any atom is 0.244 e. The maximum absolute atomic E-state index is 12.6. The molecule has 0 aromatic heterocycles. The number of amides is 1. The van der Waals surface area contributed by atoms with Crippen LogP contribution in [-0.2, 0) is 19.6 Å². The van der Waals surface area contributed by atoms with E-state index in [4.69, 9.17) is 21.1 Å². The molecule has 3 rings (SSSR count). The quantitative estimate of drug-likeness (QED) is 0.768. The molecule has 1 aliphatic heterocycles. The molecule has 7 nitrogen and oxygen atoms in total. The Kier molecular flexibility index (Phi) is 6.56. The van der Waals surface area contributed by atoms with E-state index in [1.807, 2.05) is 30.3 Å². The minimum Gasteiger partial charge on any atom is -0.495 e. The van der Waals surface area contributed by atoms with Crippen molar-refractivity contribution in [2.45, 2.75) is 11.0 Å². The zero-order valence-electron chi connectivity index (χ0n) is 15.3. The Balaban J connectivity index is 1.65. The van der Waals surface area contributed by atoms with Crippen molar-refractivity contribution in [1.29, 1.82) is 0 Å². The number of benzene rings is 2. The van der Waals surface area contributed by atoms with Gasteiger partial charge in [-0.25, -0.2) is 13.1 Å². The molecule has 2 aromatic rings. The fourth-order valence-corrected chi connectivity index (χ4v) is 4.36. The Hall–Kier alpha value is -2.13. The number of rotatable bonds is 6. The smallest absolute Gasteiger partial charge is 0.244 e. The normalized spacial score (nSPS) is 17.4. The van der Waals surface area contributed by atoms with Gasteiger partial charge in [0.05, 0.1) is 26.8 Å². The first-order chi connectivity index (χ1) is 13.4. The first-order valence-electron chi connectivity index (χ1n) is 8.68. The molecule has 0 bridgehead atoms. The van der Waals surface area contributed by atoms with Gasteiger partial charge in [-0.2, -0.15) is 0 Å². The lowest BCUT2D eigenvalue weighted by Crippen LogP contribution is -2.46. The number of carbonyl (C=O) groups is 1. The Labute approximate surface area is 169 Å². The topological polar surface area (TPSA) is 84.9 Å². The molecular weight excluding hydrogens is 404 g/mol. The fourth-order valence-electron chi connectivity index (χ4n) is 2.95. The van der Waals surface area contributed by atoms with Gasteiger partial charge < -0.3 is 14.4 Å². The third-order valence-corrected chi connectivity index (χ3v) is 6.08. The van der Waals surface area contributed by atoms with Crippen LogP contribution in [-0.4, -0.2) is 52.6 Å². The second-order valence-corrected chi connectivity index (χ2v) is 8.40. The highest BCUT2D eigenvalue weighted by atomic mass is 35.5. The number of hydrogen-bond acceptors (Lipinski definition) is 5. The molecule has 1 unspecified atom stereocenters. The van der Waals surface area contributed by atoms with E-state index in [0.717, 1.165) is 5.56 Å². The lowest BCUT2D eigenvalue weighted by Gasteiger charge is -2.33. The molecule has 0 saturated carbocycles. The molecule has 1 saturated heterocycles. The van der Waals surface area contributed by atoms with Crippen LogP contribution in [0.5, 0.6) is 5.75 Å². The van der Waals surface area contributed by atoms with E-state index in [9.17, 15) is 13.2 Å². The Morgan fingerprint density at radius 3 is 2.75 bits per heavy atom. The molecule has 1 fully saturated rings. The number of carbonyl (C=O) groups excluding carboxylic acids is 1. The van der Waals surface area contributed by atoms with Gasteiger partial charge in [-0.15, -0.1) is 0 Å². The number of ether oxygens (including phenoxy) is 2. The second-order valence-electron chi connectivity index (χ2n) is 6.23. The molecule has 0 spiro atoms. The van der Waals surface area contributed by atoms with Gasteiger partial charge in [-0.3, -0.25) is 4.79 Å². The lowest BCUT2D eigenvalue weighted by atomic mass is 10.1. The fraction of sp³-hybridized carbons (Fsp3) is 0.316. The van der Waals surface area contributed by atoms with Crippen LogP contribution in [0.4, 0.5) is 0 Å². The van der Waals surface area contributed by atoms with E-state index < -0.39 is 10.0 Å². The minimum absolute atomic E-state index is 0.112. The van der Waals surface area contributed by atoms with Crippen LogP contribution in [0.25, 0.3) is 0 Å². The molecule has 1 aliphatic rings. The zero-order valence-corrected chi connectivity index (χ0v) is 16.9. The molecule has 9 heteroatoms. The summed E-state index contributed by atoms with van der Waals surface area (Å²) in [7, 11) is -2.60. The van der Waals surface area contributed by atoms with Gasteiger partial charge in [0.15, 0.2) is 0 Å². The molecule has 150 valence electrons. The monoisotopic (exact) mass is 424 g/mol. The molecule has 1 atom stereocenters. The van der Waals surface area contributed by atoms with Crippen molar-refractivity contribution in [1.82, 2.24) is 9.62 Å². The van der Waals surface area contributed by atoms with Crippen molar-refractivity contribution in [3.8, 4) is 5.75 Å². The number of halogens is 1. The first-order valence-corrected chi connectivity index (χ1v) is 10.5. The standard InChI is InChI=1S/C19H21ClN2O5S/c1-26-16-8-7-15(20)11-18(16)28(24,25)21-12-19(23)22-9-10-27-17(13-22)14-5-3-2-4-6-14/h2-8,11,17,21H,9-10,12-13H2,1H3. The van der Waals surface area contributed by atoms with Crippen molar-refractivity contribution >= 4 is 27.5 Å². The molecule has 1 heterocycles. The summed E-state index contributed by atoms with van der Waals surface area (Å²) in [5.41, 5.74) is 0.976. The van der Waals surface area contributed by atoms with Crippen LogP contribution in [0.15, 0.2) is 53.4 Å². The van der Waals surface area contributed by atoms with Crippen molar-refractivity contribution in [2.24, 2.45) is 0 Å². The van der Waals surface area contributed by atoms with E-state index in [-0.39, 0.29) is 34.2 Å². The van der Waals surface area contributed by atoms with E-state index in [0.29, 0.717) is 19.7 Å². The van der Waals surface area contributed by atoms with Crippen LogP contribution in [0.2, 0.25) is 5.02 Å². The summed E-state index contributed by atoms with van der Waals surface area (Å²) in [6, 6.07) is 13.9. The Bertz CT molecular complexity index is 937. The summed E-state index contributed by atoms with van der Waals surface area (Å²) >= 11 is 5.90. The number of nitrogens with one attached hydrogen (secondary N) is 1. The van der Waals surface area contributed by atoms with Crippen molar-refractivity contribution in [2.75, 3.05) is 33.4 Å². The van der Waals surface area contributed by atoms with Crippen molar-refractivity contribution in [3.63, 3.8) is 0 Å². The van der Waals surface area contributed by atoms with E-state index >= 15 is 0 Å². The third-order valence-electron chi connectivity index (χ3n) is 4.42. The Morgan fingerprint density at radius 1 is 1.29 bits per heavy atom. The number of morpholine rings is 1.